The molecule has 0 aromatic heterocycles. The minimum atomic E-state index is -0.964. The molecule has 0 saturated carbocycles. The summed E-state index contributed by atoms with van der Waals surface area (Å²) in [5, 5.41) is 0.165. The molecule has 0 saturated heterocycles. The van der Waals surface area contributed by atoms with Crippen LogP contribution in [0.1, 0.15) is 16.0 Å². The van der Waals surface area contributed by atoms with Crippen LogP contribution in [0, 0.1) is 11.6 Å². The van der Waals surface area contributed by atoms with E-state index in [0.717, 1.165) is 22.2 Å². The molecule has 6 heteroatoms. The zero-order valence-electron chi connectivity index (χ0n) is 10.3. The predicted octanol–water partition coefficient (Wildman–Crippen LogP) is 5.87. The van der Waals surface area contributed by atoms with Crippen molar-refractivity contribution < 1.29 is 13.5 Å². The molecular formula is C14H9Br2ClF2O. The van der Waals surface area contributed by atoms with Crippen LogP contribution in [0.25, 0.3) is 0 Å². The quantitative estimate of drug-likeness (QED) is 0.440. The first kappa shape index (κ1) is 15.7. The van der Waals surface area contributed by atoms with Gasteiger partial charge in [0.25, 0.3) is 0 Å². The van der Waals surface area contributed by atoms with E-state index < -0.39 is 11.6 Å². The van der Waals surface area contributed by atoms with E-state index in [1.807, 2.05) is 12.1 Å². The smallest absolute Gasteiger partial charge is 0.160 e. The van der Waals surface area contributed by atoms with Crippen molar-refractivity contribution in [2.45, 2.75) is 4.83 Å². The fraction of sp³-hybridized carbons (Fsp3) is 0.143. The molecule has 0 aliphatic heterocycles. The second-order valence-corrected chi connectivity index (χ2v) is 6.22. The highest BCUT2D eigenvalue weighted by atomic mass is 79.9. The summed E-state index contributed by atoms with van der Waals surface area (Å²) in [7, 11) is 1.57. The van der Waals surface area contributed by atoms with Gasteiger partial charge in [0.1, 0.15) is 5.75 Å². The number of alkyl halides is 1. The van der Waals surface area contributed by atoms with Gasteiger partial charge in [0, 0.05) is 5.02 Å². The Kier molecular flexibility index (Phi) is 5.04. The molecule has 0 aliphatic carbocycles. The topological polar surface area (TPSA) is 9.23 Å². The molecule has 1 unspecified atom stereocenters. The molecule has 0 heterocycles. The van der Waals surface area contributed by atoms with Gasteiger partial charge in [-0.1, -0.05) is 33.6 Å². The minimum absolute atomic E-state index is 0.165. The van der Waals surface area contributed by atoms with Gasteiger partial charge in [-0.25, -0.2) is 8.78 Å². The Bertz CT molecular complexity index is 649. The molecule has 0 spiro atoms. The third-order valence-corrected chi connectivity index (χ3v) is 4.75. The Balaban J connectivity index is 2.43. The van der Waals surface area contributed by atoms with Gasteiger partial charge >= 0.3 is 0 Å². The second-order valence-electron chi connectivity index (χ2n) is 4.04. The molecule has 0 aliphatic rings. The lowest BCUT2D eigenvalue weighted by Crippen LogP contribution is -1.97. The van der Waals surface area contributed by atoms with E-state index in [1.165, 1.54) is 0 Å². The zero-order valence-corrected chi connectivity index (χ0v) is 14.2. The molecule has 0 fully saturated rings. The number of ether oxygens (including phenoxy) is 1. The number of methoxy groups -OCH3 is 1. The highest BCUT2D eigenvalue weighted by Crippen LogP contribution is 2.38. The van der Waals surface area contributed by atoms with Gasteiger partial charge in [-0.05, 0) is 51.3 Å². The SMILES string of the molecule is COc1ccc(C(Br)c2cc(F)c(F)cc2Cl)cc1Br. The van der Waals surface area contributed by atoms with Crippen LogP contribution < -0.4 is 4.74 Å². The maximum Gasteiger partial charge on any atom is 0.160 e. The Hall–Kier alpha value is -0.650. The largest absolute Gasteiger partial charge is 0.496 e. The fourth-order valence-electron chi connectivity index (χ4n) is 1.75. The predicted molar refractivity (Wildman–Crippen MR) is 82.8 cm³/mol. The van der Waals surface area contributed by atoms with Gasteiger partial charge in [-0.3, -0.25) is 0 Å². The van der Waals surface area contributed by atoms with E-state index >= 15 is 0 Å². The van der Waals surface area contributed by atoms with Crippen LogP contribution in [-0.4, -0.2) is 7.11 Å². The molecule has 2 aromatic rings. The summed E-state index contributed by atoms with van der Waals surface area (Å²) >= 11 is 12.8. The first-order valence-electron chi connectivity index (χ1n) is 5.56. The van der Waals surface area contributed by atoms with Gasteiger partial charge in [0.2, 0.25) is 0 Å². The fourth-order valence-corrected chi connectivity index (χ4v) is 3.37. The molecular weight excluding hydrogens is 417 g/mol. The molecule has 2 rings (SSSR count). The number of halogens is 5. The average Bonchev–Trinajstić information content (AvgIpc) is 2.42. The Morgan fingerprint density at radius 1 is 1.15 bits per heavy atom. The first-order valence-corrected chi connectivity index (χ1v) is 7.64. The molecule has 1 nitrogen and oxygen atoms in total. The van der Waals surface area contributed by atoms with Crippen molar-refractivity contribution in [3.8, 4) is 5.75 Å². The van der Waals surface area contributed by atoms with Gasteiger partial charge in [-0.2, -0.15) is 0 Å². The lowest BCUT2D eigenvalue weighted by molar-refractivity contribution is 0.412. The molecule has 0 amide bonds. The minimum Gasteiger partial charge on any atom is -0.496 e. The molecule has 2 aromatic carbocycles. The maximum atomic E-state index is 13.3. The van der Waals surface area contributed by atoms with Crippen LogP contribution in [0.2, 0.25) is 5.02 Å². The van der Waals surface area contributed by atoms with Crippen molar-refractivity contribution in [3.05, 3.63) is 62.6 Å². The van der Waals surface area contributed by atoms with Gasteiger partial charge in [0.05, 0.1) is 16.4 Å². The normalized spacial score (nSPS) is 12.3. The van der Waals surface area contributed by atoms with E-state index in [9.17, 15) is 8.78 Å². The standard InChI is InChI=1S/C14H9Br2ClF2O/c1-20-13-3-2-7(4-9(13)15)14(16)8-5-11(18)12(19)6-10(8)17/h2-6,14H,1H3. The summed E-state index contributed by atoms with van der Waals surface area (Å²) < 4.78 is 32.3. The zero-order chi connectivity index (χ0) is 14.9. The molecule has 20 heavy (non-hydrogen) atoms. The lowest BCUT2D eigenvalue weighted by atomic mass is 10.0. The second kappa shape index (κ2) is 6.41. The summed E-state index contributed by atoms with van der Waals surface area (Å²) in [6.45, 7) is 0. The molecule has 106 valence electrons. The molecule has 0 N–H and O–H groups in total. The summed E-state index contributed by atoms with van der Waals surface area (Å²) in [4.78, 5) is -0.354. The lowest BCUT2D eigenvalue weighted by Gasteiger charge is -2.14. The first-order chi connectivity index (χ1) is 9.43. The molecule has 1 atom stereocenters. The number of benzene rings is 2. The van der Waals surface area contributed by atoms with Gasteiger partial charge in [-0.15, -0.1) is 0 Å². The van der Waals surface area contributed by atoms with Crippen molar-refractivity contribution in [1.29, 1.82) is 0 Å². The van der Waals surface area contributed by atoms with Crippen LogP contribution in [-0.2, 0) is 0 Å². The summed E-state index contributed by atoms with van der Waals surface area (Å²) in [6, 6.07) is 7.49. The third kappa shape index (κ3) is 3.15. The van der Waals surface area contributed by atoms with Crippen LogP contribution in [0.15, 0.2) is 34.8 Å². The average molecular weight is 426 g/mol. The number of hydrogen-bond acceptors (Lipinski definition) is 1. The van der Waals surface area contributed by atoms with E-state index in [-0.39, 0.29) is 9.85 Å². The van der Waals surface area contributed by atoms with E-state index in [0.29, 0.717) is 11.3 Å². The summed E-state index contributed by atoms with van der Waals surface area (Å²) in [6.07, 6.45) is 0. The van der Waals surface area contributed by atoms with E-state index in [4.69, 9.17) is 16.3 Å². The van der Waals surface area contributed by atoms with Crippen molar-refractivity contribution in [2.75, 3.05) is 7.11 Å². The van der Waals surface area contributed by atoms with Crippen molar-refractivity contribution >= 4 is 43.5 Å². The summed E-state index contributed by atoms with van der Waals surface area (Å²) in [5.41, 5.74) is 1.30. The maximum absolute atomic E-state index is 13.3. The van der Waals surface area contributed by atoms with Crippen molar-refractivity contribution in [1.82, 2.24) is 0 Å². The van der Waals surface area contributed by atoms with E-state index in [2.05, 4.69) is 31.9 Å². The summed E-state index contributed by atoms with van der Waals surface area (Å²) in [5.74, 6) is -1.21. The van der Waals surface area contributed by atoms with Crippen LogP contribution in [0.3, 0.4) is 0 Å². The van der Waals surface area contributed by atoms with Crippen LogP contribution in [0.5, 0.6) is 5.75 Å². The monoisotopic (exact) mass is 424 g/mol. The Labute approximate surface area is 137 Å². The van der Waals surface area contributed by atoms with Crippen LogP contribution >= 0.6 is 43.5 Å². The molecule has 0 bridgehead atoms. The van der Waals surface area contributed by atoms with Crippen molar-refractivity contribution in [2.24, 2.45) is 0 Å². The Morgan fingerprint density at radius 2 is 1.80 bits per heavy atom. The number of rotatable bonds is 3. The van der Waals surface area contributed by atoms with Crippen LogP contribution in [0.4, 0.5) is 8.78 Å². The van der Waals surface area contributed by atoms with Crippen molar-refractivity contribution in [3.63, 3.8) is 0 Å². The number of hydrogen-bond donors (Lipinski definition) is 0. The highest BCUT2D eigenvalue weighted by molar-refractivity contribution is 9.10. The molecule has 0 radical (unpaired) electrons. The Morgan fingerprint density at radius 3 is 2.40 bits per heavy atom. The van der Waals surface area contributed by atoms with Gasteiger partial charge < -0.3 is 4.74 Å². The third-order valence-electron chi connectivity index (χ3n) is 2.78. The van der Waals surface area contributed by atoms with E-state index in [1.54, 1.807) is 13.2 Å². The highest BCUT2D eigenvalue weighted by Gasteiger charge is 2.18. The van der Waals surface area contributed by atoms with Gasteiger partial charge in [0.15, 0.2) is 11.6 Å².